The molecule has 1 aromatic carbocycles. The number of rotatable bonds is 4. The first kappa shape index (κ1) is 13.2. The predicted octanol–water partition coefficient (Wildman–Crippen LogP) is 0.259. The van der Waals surface area contributed by atoms with Crippen LogP contribution in [0.1, 0.15) is 10.4 Å². The molecule has 98 valence electrons. The van der Waals surface area contributed by atoms with Gasteiger partial charge in [0.25, 0.3) is 5.91 Å². The van der Waals surface area contributed by atoms with E-state index in [1.807, 2.05) is 0 Å². The molecular formula is C11H11N5O2S. The van der Waals surface area contributed by atoms with E-state index in [-0.39, 0.29) is 11.7 Å². The van der Waals surface area contributed by atoms with E-state index >= 15 is 0 Å². The van der Waals surface area contributed by atoms with Crippen molar-refractivity contribution in [1.29, 1.82) is 0 Å². The normalized spacial score (nSPS) is 10.2. The van der Waals surface area contributed by atoms with Crippen molar-refractivity contribution < 1.29 is 9.59 Å². The number of carbonyl (C=O) groups excluding carboxylic acids is 2. The van der Waals surface area contributed by atoms with Gasteiger partial charge in [-0.15, -0.1) is 5.10 Å². The fourth-order valence-electron chi connectivity index (χ4n) is 1.30. The van der Waals surface area contributed by atoms with Gasteiger partial charge in [0.15, 0.2) is 0 Å². The first-order chi connectivity index (χ1) is 9.16. The molecule has 0 saturated carbocycles. The highest BCUT2D eigenvalue weighted by molar-refractivity contribution is 7.99. The molecule has 7 nitrogen and oxygen atoms in total. The minimum atomic E-state index is -0.415. The highest BCUT2D eigenvalue weighted by Crippen LogP contribution is 2.11. The number of nitrogens with one attached hydrogen (secondary N) is 1. The lowest BCUT2D eigenvalue weighted by molar-refractivity contribution is -0.117. The van der Waals surface area contributed by atoms with E-state index in [1.165, 1.54) is 4.68 Å². The Labute approximate surface area is 113 Å². The summed E-state index contributed by atoms with van der Waals surface area (Å²) in [6.07, 6.45) is 0. The Balaban J connectivity index is 1.85. The monoisotopic (exact) mass is 277 g/mol. The summed E-state index contributed by atoms with van der Waals surface area (Å²) in [6, 6.07) is 8.55. The summed E-state index contributed by atoms with van der Waals surface area (Å²) in [4.78, 5) is 23.3. The lowest BCUT2D eigenvalue weighted by Crippen LogP contribution is -2.31. The molecule has 1 aromatic heterocycles. The van der Waals surface area contributed by atoms with Gasteiger partial charge in [-0.2, -0.15) is 0 Å². The third-order valence-electron chi connectivity index (χ3n) is 2.20. The van der Waals surface area contributed by atoms with E-state index in [9.17, 15) is 9.59 Å². The molecule has 19 heavy (non-hydrogen) atoms. The summed E-state index contributed by atoms with van der Waals surface area (Å²) < 4.78 is 1.46. The third-order valence-corrected chi connectivity index (χ3v) is 3.21. The highest BCUT2D eigenvalue weighted by Gasteiger charge is 2.11. The zero-order valence-electron chi connectivity index (χ0n) is 10.1. The Kier molecular flexibility index (Phi) is 4.24. The van der Waals surface area contributed by atoms with Crippen LogP contribution in [0.4, 0.5) is 0 Å². The highest BCUT2D eigenvalue weighted by atomic mass is 32.2. The van der Waals surface area contributed by atoms with Gasteiger partial charge in [0.05, 0.1) is 5.75 Å². The first-order valence-electron chi connectivity index (χ1n) is 5.41. The van der Waals surface area contributed by atoms with Crippen molar-refractivity contribution in [3.8, 4) is 0 Å². The molecule has 0 fully saturated rings. The van der Waals surface area contributed by atoms with Gasteiger partial charge in [-0.3, -0.25) is 14.9 Å². The molecule has 0 aliphatic rings. The molecule has 0 saturated heterocycles. The van der Waals surface area contributed by atoms with Crippen molar-refractivity contribution >= 4 is 23.6 Å². The van der Waals surface area contributed by atoms with Crippen LogP contribution in [-0.4, -0.2) is 37.8 Å². The molecule has 1 heterocycles. The lowest BCUT2D eigenvalue weighted by Gasteiger charge is -2.03. The first-order valence-corrected chi connectivity index (χ1v) is 6.40. The third kappa shape index (κ3) is 3.62. The topological polar surface area (TPSA) is 89.8 Å². The maximum Gasteiger partial charge on any atom is 0.257 e. The van der Waals surface area contributed by atoms with Crippen molar-refractivity contribution in [2.24, 2.45) is 7.05 Å². The van der Waals surface area contributed by atoms with Gasteiger partial charge in [0.1, 0.15) is 0 Å². The molecule has 1 N–H and O–H groups in total. The van der Waals surface area contributed by atoms with E-state index in [1.54, 1.807) is 37.4 Å². The summed E-state index contributed by atoms with van der Waals surface area (Å²) in [5, 5.41) is 13.6. The molecular weight excluding hydrogens is 266 g/mol. The molecule has 0 spiro atoms. The second-order valence-electron chi connectivity index (χ2n) is 3.62. The fourth-order valence-corrected chi connectivity index (χ4v) is 1.95. The SMILES string of the molecule is Cn1nnnc1SCC(=O)NC(=O)c1ccccc1. The molecule has 2 aromatic rings. The van der Waals surface area contributed by atoms with Crippen molar-refractivity contribution in [3.63, 3.8) is 0 Å². The van der Waals surface area contributed by atoms with Gasteiger partial charge in [0.2, 0.25) is 11.1 Å². The Bertz CT molecular complexity index is 584. The van der Waals surface area contributed by atoms with Crippen LogP contribution in [0.3, 0.4) is 0 Å². The van der Waals surface area contributed by atoms with Gasteiger partial charge in [-0.05, 0) is 22.6 Å². The molecule has 0 unspecified atom stereocenters. The van der Waals surface area contributed by atoms with Crippen LogP contribution in [-0.2, 0) is 11.8 Å². The number of nitrogens with zero attached hydrogens (tertiary/aromatic N) is 4. The zero-order chi connectivity index (χ0) is 13.7. The van der Waals surface area contributed by atoms with Crippen molar-refractivity contribution in [2.45, 2.75) is 5.16 Å². The number of carbonyl (C=O) groups is 2. The van der Waals surface area contributed by atoms with Crippen molar-refractivity contribution in [3.05, 3.63) is 35.9 Å². The van der Waals surface area contributed by atoms with Gasteiger partial charge in [0, 0.05) is 12.6 Å². The second kappa shape index (κ2) is 6.10. The summed E-state index contributed by atoms with van der Waals surface area (Å²) in [7, 11) is 1.68. The summed E-state index contributed by atoms with van der Waals surface area (Å²) in [6.45, 7) is 0. The Hall–Kier alpha value is -2.22. The summed E-state index contributed by atoms with van der Waals surface area (Å²) in [5.74, 6) is -0.726. The Morgan fingerprint density at radius 1 is 1.32 bits per heavy atom. The van der Waals surface area contributed by atoms with Crippen LogP contribution in [0.2, 0.25) is 0 Å². The number of aromatic nitrogens is 4. The van der Waals surface area contributed by atoms with E-state index in [2.05, 4.69) is 20.8 Å². The molecule has 2 rings (SSSR count). The number of amides is 2. The van der Waals surface area contributed by atoms with Crippen molar-refractivity contribution in [2.75, 3.05) is 5.75 Å². The van der Waals surface area contributed by atoms with Crippen LogP contribution in [0.25, 0.3) is 0 Å². The summed E-state index contributed by atoms with van der Waals surface area (Å²) >= 11 is 1.16. The van der Waals surface area contributed by atoms with E-state index in [4.69, 9.17) is 0 Å². The minimum Gasteiger partial charge on any atom is -0.292 e. The second-order valence-corrected chi connectivity index (χ2v) is 4.56. The number of tetrazole rings is 1. The largest absolute Gasteiger partial charge is 0.292 e. The lowest BCUT2D eigenvalue weighted by atomic mass is 10.2. The molecule has 2 amide bonds. The number of thioether (sulfide) groups is 1. The molecule has 0 bridgehead atoms. The average molecular weight is 277 g/mol. The number of benzene rings is 1. The minimum absolute atomic E-state index is 0.0762. The van der Waals surface area contributed by atoms with E-state index in [0.29, 0.717) is 10.7 Å². The predicted molar refractivity (Wildman–Crippen MR) is 68.4 cm³/mol. The number of hydrogen-bond acceptors (Lipinski definition) is 6. The van der Waals surface area contributed by atoms with Crippen LogP contribution in [0.15, 0.2) is 35.5 Å². The fraction of sp³-hybridized carbons (Fsp3) is 0.182. The van der Waals surface area contributed by atoms with Crippen LogP contribution < -0.4 is 5.32 Å². The summed E-state index contributed by atoms with van der Waals surface area (Å²) in [5.41, 5.74) is 0.446. The number of aryl methyl sites for hydroxylation is 1. The van der Waals surface area contributed by atoms with Gasteiger partial charge in [-0.1, -0.05) is 30.0 Å². The Morgan fingerprint density at radius 2 is 2.05 bits per heavy atom. The quantitative estimate of drug-likeness (QED) is 0.806. The van der Waals surface area contributed by atoms with E-state index in [0.717, 1.165) is 11.8 Å². The maximum absolute atomic E-state index is 11.7. The molecule has 0 atom stereocenters. The maximum atomic E-state index is 11.7. The van der Waals surface area contributed by atoms with Crippen LogP contribution in [0.5, 0.6) is 0 Å². The van der Waals surface area contributed by atoms with Gasteiger partial charge in [-0.25, -0.2) is 4.68 Å². The van der Waals surface area contributed by atoms with Crippen molar-refractivity contribution in [1.82, 2.24) is 25.5 Å². The molecule has 0 aliphatic heterocycles. The molecule has 0 radical (unpaired) electrons. The standard InChI is InChI=1S/C11H11N5O2S/c1-16-11(13-14-15-16)19-7-9(17)12-10(18)8-5-3-2-4-6-8/h2-6H,7H2,1H3,(H,12,17,18). The van der Waals surface area contributed by atoms with Crippen LogP contribution in [0, 0.1) is 0 Å². The molecule has 8 heteroatoms. The van der Waals surface area contributed by atoms with Crippen LogP contribution >= 0.6 is 11.8 Å². The zero-order valence-corrected chi connectivity index (χ0v) is 10.9. The average Bonchev–Trinajstić information content (AvgIpc) is 2.83. The van der Waals surface area contributed by atoms with Gasteiger partial charge < -0.3 is 0 Å². The van der Waals surface area contributed by atoms with Gasteiger partial charge >= 0.3 is 0 Å². The molecule has 0 aliphatic carbocycles. The smallest absolute Gasteiger partial charge is 0.257 e. The van der Waals surface area contributed by atoms with E-state index < -0.39 is 5.91 Å². The number of imide groups is 1. The number of hydrogen-bond donors (Lipinski definition) is 1. The Morgan fingerprint density at radius 3 is 2.68 bits per heavy atom.